The number of imide groups is 1. The standard InChI is InChI=1S/C22H21NO4/c1-14-10-11-18-19(12-14)21(25)23(20(18)24)16-7-5-6-15(13-16)22(26)27-17-8-3-2-4-9-17/h2-9,13-14,18-19H,10-12H2,1H3/t14-,18+,19+/m1/s1. The van der Waals surface area contributed by atoms with Crippen LogP contribution < -0.4 is 9.64 Å². The van der Waals surface area contributed by atoms with Crippen LogP contribution >= 0.6 is 0 Å². The molecule has 5 heteroatoms. The Morgan fingerprint density at radius 3 is 2.48 bits per heavy atom. The van der Waals surface area contributed by atoms with Gasteiger partial charge >= 0.3 is 5.97 Å². The first-order valence-corrected chi connectivity index (χ1v) is 9.29. The number of esters is 1. The Kier molecular flexibility index (Phi) is 4.52. The van der Waals surface area contributed by atoms with Crippen LogP contribution in [0.4, 0.5) is 5.69 Å². The number of nitrogens with zero attached hydrogens (tertiary/aromatic N) is 1. The van der Waals surface area contributed by atoms with E-state index in [9.17, 15) is 14.4 Å². The molecule has 3 atom stereocenters. The molecule has 1 heterocycles. The molecule has 2 aromatic rings. The molecule has 2 amide bonds. The fourth-order valence-electron chi connectivity index (χ4n) is 4.07. The van der Waals surface area contributed by atoms with Crippen LogP contribution in [0.15, 0.2) is 54.6 Å². The molecule has 1 saturated heterocycles. The summed E-state index contributed by atoms with van der Waals surface area (Å²) >= 11 is 0. The zero-order valence-corrected chi connectivity index (χ0v) is 15.1. The second-order valence-corrected chi connectivity index (χ2v) is 7.40. The highest BCUT2D eigenvalue weighted by atomic mass is 16.5. The molecule has 0 aromatic heterocycles. The minimum Gasteiger partial charge on any atom is -0.423 e. The van der Waals surface area contributed by atoms with E-state index < -0.39 is 5.97 Å². The molecule has 5 nitrogen and oxygen atoms in total. The van der Waals surface area contributed by atoms with Gasteiger partial charge in [-0.1, -0.05) is 31.2 Å². The normalized spacial score (nSPS) is 24.6. The highest BCUT2D eigenvalue weighted by Gasteiger charge is 2.50. The highest BCUT2D eigenvalue weighted by Crippen LogP contribution is 2.42. The number of ether oxygens (including phenoxy) is 1. The monoisotopic (exact) mass is 363 g/mol. The average molecular weight is 363 g/mol. The van der Waals surface area contributed by atoms with Crippen molar-refractivity contribution in [1.82, 2.24) is 0 Å². The van der Waals surface area contributed by atoms with Gasteiger partial charge in [0.2, 0.25) is 11.8 Å². The fraction of sp³-hybridized carbons (Fsp3) is 0.318. The predicted molar refractivity (Wildman–Crippen MR) is 100 cm³/mol. The fourth-order valence-corrected chi connectivity index (χ4v) is 4.07. The predicted octanol–water partition coefficient (Wildman–Crippen LogP) is 3.83. The van der Waals surface area contributed by atoms with Crippen LogP contribution in [-0.2, 0) is 9.59 Å². The molecule has 4 rings (SSSR count). The average Bonchev–Trinajstić information content (AvgIpc) is 2.92. The van der Waals surface area contributed by atoms with Gasteiger partial charge in [0.1, 0.15) is 5.75 Å². The molecule has 27 heavy (non-hydrogen) atoms. The molecule has 0 radical (unpaired) electrons. The van der Waals surface area contributed by atoms with E-state index in [4.69, 9.17) is 4.74 Å². The third-order valence-electron chi connectivity index (χ3n) is 5.48. The Hall–Kier alpha value is -2.95. The molecule has 1 aliphatic heterocycles. The van der Waals surface area contributed by atoms with Crippen LogP contribution in [0.5, 0.6) is 5.75 Å². The Morgan fingerprint density at radius 2 is 1.70 bits per heavy atom. The second kappa shape index (κ2) is 6.99. The summed E-state index contributed by atoms with van der Waals surface area (Å²) in [5.41, 5.74) is 0.745. The summed E-state index contributed by atoms with van der Waals surface area (Å²) in [6.07, 6.45) is 2.47. The lowest BCUT2D eigenvalue weighted by atomic mass is 9.76. The number of para-hydroxylation sites is 1. The number of rotatable bonds is 3. The van der Waals surface area contributed by atoms with Crippen molar-refractivity contribution < 1.29 is 19.1 Å². The van der Waals surface area contributed by atoms with Crippen LogP contribution in [0.3, 0.4) is 0 Å². The molecule has 0 unspecified atom stereocenters. The van der Waals surface area contributed by atoms with E-state index >= 15 is 0 Å². The van der Waals surface area contributed by atoms with Crippen LogP contribution in [-0.4, -0.2) is 17.8 Å². The number of benzene rings is 2. The van der Waals surface area contributed by atoms with Crippen LogP contribution in [0, 0.1) is 17.8 Å². The van der Waals surface area contributed by atoms with E-state index in [0.717, 1.165) is 19.3 Å². The van der Waals surface area contributed by atoms with Crippen LogP contribution in [0.2, 0.25) is 0 Å². The number of fused-ring (bicyclic) bond motifs is 1. The quantitative estimate of drug-likeness (QED) is 0.472. The Bertz CT molecular complexity index is 892. The SMILES string of the molecule is C[C@@H]1CC[C@@H]2C(=O)N(c3cccc(C(=O)Oc4ccccc4)c3)C(=O)[C@H]2C1. The number of hydrogen-bond acceptors (Lipinski definition) is 4. The molecular formula is C22H21NO4. The summed E-state index contributed by atoms with van der Waals surface area (Å²) in [6.45, 7) is 2.12. The molecule has 2 aromatic carbocycles. The van der Waals surface area contributed by atoms with E-state index in [1.54, 1.807) is 48.5 Å². The topological polar surface area (TPSA) is 63.7 Å². The summed E-state index contributed by atoms with van der Waals surface area (Å²) in [4.78, 5) is 39.4. The van der Waals surface area contributed by atoms with Crippen molar-refractivity contribution in [3.63, 3.8) is 0 Å². The van der Waals surface area contributed by atoms with Crippen LogP contribution in [0.25, 0.3) is 0 Å². The zero-order valence-electron chi connectivity index (χ0n) is 15.1. The molecular weight excluding hydrogens is 342 g/mol. The number of hydrogen-bond donors (Lipinski definition) is 0. The van der Waals surface area contributed by atoms with Crippen molar-refractivity contribution in [3.05, 3.63) is 60.2 Å². The van der Waals surface area contributed by atoms with E-state index in [1.165, 1.54) is 4.90 Å². The summed E-state index contributed by atoms with van der Waals surface area (Å²) in [5, 5.41) is 0. The Balaban J connectivity index is 1.58. The lowest BCUT2D eigenvalue weighted by Gasteiger charge is -2.25. The molecule has 0 N–H and O–H groups in total. The minimum absolute atomic E-state index is 0.148. The van der Waals surface area contributed by atoms with Crippen molar-refractivity contribution in [2.24, 2.45) is 17.8 Å². The first-order chi connectivity index (χ1) is 13.0. The number of carbonyl (C=O) groups is 3. The van der Waals surface area contributed by atoms with E-state index in [1.807, 2.05) is 6.07 Å². The molecule has 2 aliphatic rings. The third-order valence-corrected chi connectivity index (χ3v) is 5.48. The molecule has 0 bridgehead atoms. The van der Waals surface area contributed by atoms with E-state index in [0.29, 0.717) is 22.9 Å². The zero-order chi connectivity index (χ0) is 19.0. The lowest BCUT2D eigenvalue weighted by Crippen LogP contribution is -2.31. The Morgan fingerprint density at radius 1 is 0.963 bits per heavy atom. The van der Waals surface area contributed by atoms with Gasteiger partial charge in [-0.3, -0.25) is 14.5 Å². The number of carbonyl (C=O) groups excluding carboxylic acids is 3. The summed E-state index contributed by atoms with van der Waals surface area (Å²) in [5.74, 6) is -0.380. The van der Waals surface area contributed by atoms with Gasteiger partial charge < -0.3 is 4.74 Å². The number of amides is 2. The largest absolute Gasteiger partial charge is 0.423 e. The van der Waals surface area contributed by atoms with Gasteiger partial charge in [0.25, 0.3) is 0 Å². The van der Waals surface area contributed by atoms with Gasteiger partial charge in [-0.05, 0) is 55.5 Å². The summed E-state index contributed by atoms with van der Waals surface area (Å²) < 4.78 is 5.35. The maximum absolute atomic E-state index is 12.9. The smallest absolute Gasteiger partial charge is 0.343 e. The molecule has 1 saturated carbocycles. The van der Waals surface area contributed by atoms with Crippen molar-refractivity contribution >= 4 is 23.5 Å². The maximum Gasteiger partial charge on any atom is 0.343 e. The Labute approximate surface area is 157 Å². The van der Waals surface area contributed by atoms with Crippen molar-refractivity contribution in [2.45, 2.75) is 26.2 Å². The molecule has 138 valence electrons. The van der Waals surface area contributed by atoms with Gasteiger partial charge in [-0.2, -0.15) is 0 Å². The maximum atomic E-state index is 12.9. The van der Waals surface area contributed by atoms with Gasteiger partial charge in [-0.15, -0.1) is 0 Å². The lowest BCUT2D eigenvalue weighted by molar-refractivity contribution is -0.122. The van der Waals surface area contributed by atoms with Crippen molar-refractivity contribution in [2.75, 3.05) is 4.90 Å². The first kappa shape index (κ1) is 17.5. The molecule has 1 aliphatic carbocycles. The second-order valence-electron chi connectivity index (χ2n) is 7.40. The van der Waals surface area contributed by atoms with Crippen LogP contribution in [0.1, 0.15) is 36.5 Å². The molecule has 0 spiro atoms. The van der Waals surface area contributed by atoms with E-state index in [2.05, 4.69) is 6.92 Å². The molecule has 2 fully saturated rings. The minimum atomic E-state index is -0.520. The third kappa shape index (κ3) is 3.25. The summed E-state index contributed by atoms with van der Waals surface area (Å²) in [6, 6.07) is 15.3. The summed E-state index contributed by atoms with van der Waals surface area (Å²) in [7, 11) is 0. The first-order valence-electron chi connectivity index (χ1n) is 9.29. The van der Waals surface area contributed by atoms with Crippen molar-refractivity contribution in [1.29, 1.82) is 0 Å². The van der Waals surface area contributed by atoms with Gasteiger partial charge in [-0.25, -0.2) is 4.79 Å². The highest BCUT2D eigenvalue weighted by molar-refractivity contribution is 6.22. The van der Waals surface area contributed by atoms with Gasteiger partial charge in [0.15, 0.2) is 0 Å². The number of anilines is 1. The van der Waals surface area contributed by atoms with Crippen molar-refractivity contribution in [3.8, 4) is 5.75 Å². The van der Waals surface area contributed by atoms with E-state index in [-0.39, 0.29) is 23.7 Å². The van der Waals surface area contributed by atoms with Gasteiger partial charge in [0.05, 0.1) is 23.1 Å². The van der Waals surface area contributed by atoms with Gasteiger partial charge in [0, 0.05) is 0 Å².